The van der Waals surface area contributed by atoms with E-state index in [2.05, 4.69) is 26.4 Å². The number of anilines is 1. The van der Waals surface area contributed by atoms with Crippen LogP contribution in [0.4, 0.5) is 5.82 Å². The van der Waals surface area contributed by atoms with E-state index in [0.717, 1.165) is 60.3 Å². The van der Waals surface area contributed by atoms with Gasteiger partial charge in [-0.05, 0) is 37.8 Å². The van der Waals surface area contributed by atoms with E-state index in [4.69, 9.17) is 15.5 Å². The smallest absolute Gasteiger partial charge is 0.151 e. The zero-order chi connectivity index (χ0) is 18.4. The fourth-order valence-corrected chi connectivity index (χ4v) is 3.08. The average molecular weight is 354 g/mol. The van der Waals surface area contributed by atoms with Crippen molar-refractivity contribution in [2.75, 3.05) is 18.9 Å². The predicted octanol–water partition coefficient (Wildman–Crippen LogP) is 2.71. The predicted molar refractivity (Wildman–Crippen MR) is 102 cm³/mol. The monoisotopic (exact) mass is 354 g/mol. The van der Waals surface area contributed by atoms with Crippen molar-refractivity contribution in [1.29, 1.82) is 0 Å². The van der Waals surface area contributed by atoms with Crippen molar-refractivity contribution in [3.63, 3.8) is 0 Å². The zero-order valence-electron chi connectivity index (χ0n) is 15.5. The number of aryl methyl sites for hydroxylation is 3. The van der Waals surface area contributed by atoms with Gasteiger partial charge in [-0.1, -0.05) is 6.92 Å². The topological polar surface area (TPSA) is 91.7 Å². The molecule has 0 atom stereocenters. The van der Waals surface area contributed by atoms with E-state index in [9.17, 15) is 0 Å². The molecule has 0 spiro atoms. The minimum atomic E-state index is 0.502. The molecule has 0 aliphatic heterocycles. The molecule has 0 aromatic carbocycles. The highest BCUT2D eigenvalue weighted by Crippen LogP contribution is 2.22. The van der Waals surface area contributed by atoms with Crippen LogP contribution >= 0.6 is 0 Å². The Bertz CT molecular complexity index is 846. The number of aromatic nitrogens is 5. The number of ether oxygens (including phenoxy) is 1. The lowest BCUT2D eigenvalue weighted by atomic mass is 10.2. The maximum absolute atomic E-state index is 6.06. The van der Waals surface area contributed by atoms with Crippen molar-refractivity contribution in [3.05, 3.63) is 41.9 Å². The van der Waals surface area contributed by atoms with Crippen LogP contribution < -0.4 is 5.73 Å². The second-order valence-corrected chi connectivity index (χ2v) is 6.41. The van der Waals surface area contributed by atoms with Crippen molar-refractivity contribution in [2.24, 2.45) is 0 Å². The van der Waals surface area contributed by atoms with Gasteiger partial charge in [0, 0.05) is 37.7 Å². The van der Waals surface area contributed by atoms with Gasteiger partial charge in [-0.2, -0.15) is 0 Å². The molecule has 3 aromatic heterocycles. The van der Waals surface area contributed by atoms with E-state index < -0.39 is 0 Å². The first kappa shape index (κ1) is 18.3. The third kappa shape index (κ3) is 4.35. The second-order valence-electron chi connectivity index (χ2n) is 6.41. The zero-order valence-corrected chi connectivity index (χ0v) is 15.5. The molecule has 3 heterocycles. The van der Waals surface area contributed by atoms with Gasteiger partial charge in [0.05, 0.1) is 12.1 Å². The second kappa shape index (κ2) is 8.71. The van der Waals surface area contributed by atoms with Gasteiger partial charge in [0.25, 0.3) is 0 Å². The summed E-state index contributed by atoms with van der Waals surface area (Å²) in [4.78, 5) is 17.1. The number of nitrogens with two attached hydrogens (primary N) is 1. The van der Waals surface area contributed by atoms with Crippen LogP contribution in [-0.4, -0.2) is 37.7 Å². The Kier molecular flexibility index (Phi) is 6.12. The Balaban J connectivity index is 1.58. The van der Waals surface area contributed by atoms with Crippen molar-refractivity contribution < 1.29 is 4.74 Å². The summed E-state index contributed by atoms with van der Waals surface area (Å²) < 4.78 is 8.05. The molecule has 3 rings (SSSR count). The van der Waals surface area contributed by atoms with E-state index in [-0.39, 0.29) is 0 Å². The van der Waals surface area contributed by atoms with Crippen LogP contribution in [0.5, 0.6) is 0 Å². The molecule has 7 heteroatoms. The summed E-state index contributed by atoms with van der Waals surface area (Å²) in [5.41, 5.74) is 9.94. The Labute approximate surface area is 153 Å². The third-order valence-corrected chi connectivity index (χ3v) is 4.27. The maximum atomic E-state index is 6.06. The largest absolute Gasteiger partial charge is 0.382 e. The first-order valence-electron chi connectivity index (χ1n) is 9.13. The molecule has 0 saturated heterocycles. The van der Waals surface area contributed by atoms with E-state index >= 15 is 0 Å². The highest BCUT2D eigenvalue weighted by molar-refractivity contribution is 5.85. The summed E-state index contributed by atoms with van der Waals surface area (Å²) in [5.74, 6) is 1.55. The molecule has 0 aliphatic carbocycles. The molecular weight excluding hydrogens is 328 g/mol. The van der Waals surface area contributed by atoms with Gasteiger partial charge >= 0.3 is 0 Å². The molecule has 0 saturated carbocycles. The summed E-state index contributed by atoms with van der Waals surface area (Å²) in [6.07, 6.45) is 9.09. The van der Waals surface area contributed by atoms with Gasteiger partial charge in [0.2, 0.25) is 0 Å². The molecule has 26 heavy (non-hydrogen) atoms. The Morgan fingerprint density at radius 1 is 1.12 bits per heavy atom. The van der Waals surface area contributed by atoms with Crippen LogP contribution in [0.25, 0.3) is 11.0 Å². The summed E-state index contributed by atoms with van der Waals surface area (Å²) in [6.45, 7) is 6.24. The fraction of sp³-hybridized carbons (Fsp3) is 0.474. The number of pyridine rings is 1. The van der Waals surface area contributed by atoms with E-state index in [1.807, 2.05) is 25.4 Å². The van der Waals surface area contributed by atoms with Gasteiger partial charge in [-0.25, -0.2) is 19.9 Å². The van der Waals surface area contributed by atoms with Gasteiger partial charge in [-0.15, -0.1) is 0 Å². The Morgan fingerprint density at radius 2 is 1.92 bits per heavy atom. The SMILES string of the molecule is CCCc1nc2c(N)nc(C)cc2n1CCOCCCc1cncnc1. The average Bonchev–Trinajstić information content (AvgIpc) is 2.97. The minimum absolute atomic E-state index is 0.502. The van der Waals surface area contributed by atoms with Gasteiger partial charge in [0.15, 0.2) is 5.82 Å². The van der Waals surface area contributed by atoms with Crippen LogP contribution in [-0.2, 0) is 24.1 Å². The van der Waals surface area contributed by atoms with Crippen LogP contribution in [0.2, 0.25) is 0 Å². The molecule has 2 N–H and O–H groups in total. The number of hydrogen-bond donors (Lipinski definition) is 1. The first-order valence-corrected chi connectivity index (χ1v) is 9.13. The molecule has 0 aliphatic rings. The van der Waals surface area contributed by atoms with Gasteiger partial charge < -0.3 is 15.0 Å². The Morgan fingerprint density at radius 3 is 2.69 bits per heavy atom. The van der Waals surface area contributed by atoms with Crippen LogP contribution in [0.1, 0.15) is 36.8 Å². The van der Waals surface area contributed by atoms with Gasteiger partial charge in [0.1, 0.15) is 17.7 Å². The number of nitrogens with zero attached hydrogens (tertiary/aromatic N) is 5. The minimum Gasteiger partial charge on any atom is -0.382 e. The van der Waals surface area contributed by atoms with Crippen molar-refractivity contribution >= 4 is 16.9 Å². The van der Waals surface area contributed by atoms with Crippen molar-refractivity contribution in [1.82, 2.24) is 24.5 Å². The highest BCUT2D eigenvalue weighted by atomic mass is 16.5. The number of hydrogen-bond acceptors (Lipinski definition) is 6. The lowest BCUT2D eigenvalue weighted by Gasteiger charge is -2.10. The fourth-order valence-electron chi connectivity index (χ4n) is 3.08. The summed E-state index contributed by atoms with van der Waals surface area (Å²) in [6, 6.07) is 2.05. The number of rotatable bonds is 9. The Hall–Kier alpha value is -2.54. The molecule has 0 fully saturated rings. The van der Waals surface area contributed by atoms with E-state index in [0.29, 0.717) is 19.0 Å². The molecule has 0 amide bonds. The van der Waals surface area contributed by atoms with Crippen molar-refractivity contribution in [3.8, 4) is 0 Å². The molecule has 0 unspecified atom stereocenters. The quantitative estimate of drug-likeness (QED) is 0.594. The van der Waals surface area contributed by atoms with Crippen LogP contribution in [0, 0.1) is 6.92 Å². The van der Waals surface area contributed by atoms with Gasteiger partial charge in [-0.3, -0.25) is 0 Å². The molecule has 7 nitrogen and oxygen atoms in total. The van der Waals surface area contributed by atoms with E-state index in [1.165, 1.54) is 0 Å². The number of fused-ring (bicyclic) bond motifs is 1. The molecule has 3 aromatic rings. The van der Waals surface area contributed by atoms with Crippen LogP contribution in [0.3, 0.4) is 0 Å². The maximum Gasteiger partial charge on any atom is 0.151 e. The number of nitrogen functional groups attached to an aromatic ring is 1. The molecular formula is C19H26N6O. The summed E-state index contributed by atoms with van der Waals surface area (Å²) >= 11 is 0. The standard InChI is InChI=1S/C19H26N6O/c1-3-5-17-24-18-16(10-14(2)23-19(18)20)25(17)7-9-26-8-4-6-15-11-21-13-22-12-15/h10-13H,3-9H2,1-2H3,(H2,20,23). The van der Waals surface area contributed by atoms with E-state index in [1.54, 1.807) is 6.33 Å². The number of imidazole rings is 1. The highest BCUT2D eigenvalue weighted by Gasteiger charge is 2.13. The normalized spacial score (nSPS) is 11.3. The first-order chi connectivity index (χ1) is 12.7. The van der Waals surface area contributed by atoms with Crippen LogP contribution in [0.15, 0.2) is 24.8 Å². The summed E-state index contributed by atoms with van der Waals surface area (Å²) in [5, 5.41) is 0. The molecule has 0 radical (unpaired) electrons. The van der Waals surface area contributed by atoms with Crippen molar-refractivity contribution in [2.45, 2.75) is 46.1 Å². The third-order valence-electron chi connectivity index (χ3n) is 4.27. The molecule has 0 bridgehead atoms. The summed E-state index contributed by atoms with van der Waals surface area (Å²) in [7, 11) is 0. The lowest BCUT2D eigenvalue weighted by molar-refractivity contribution is 0.124. The lowest BCUT2D eigenvalue weighted by Crippen LogP contribution is -2.10. The molecule has 138 valence electrons.